The largest absolute Gasteiger partial charge is 0.376 e. The van der Waals surface area contributed by atoms with Gasteiger partial charge in [0, 0.05) is 13.5 Å². The molecule has 7 heteroatoms. The molecule has 1 unspecified atom stereocenters. The van der Waals surface area contributed by atoms with E-state index in [4.69, 9.17) is 4.74 Å². The van der Waals surface area contributed by atoms with Gasteiger partial charge >= 0.3 is 0 Å². The predicted molar refractivity (Wildman–Crippen MR) is 104 cm³/mol. The van der Waals surface area contributed by atoms with E-state index in [1.165, 1.54) is 29.4 Å². The van der Waals surface area contributed by atoms with Gasteiger partial charge in [-0.2, -0.15) is 0 Å². The molecule has 0 bridgehead atoms. The number of hydrogen-bond acceptors (Lipinski definition) is 6. The zero-order chi connectivity index (χ0) is 18.0. The monoisotopic (exact) mass is 378 g/mol. The molecular weight excluding hydrogens is 356 g/mol. The number of aryl methyl sites for hydroxylation is 2. The van der Waals surface area contributed by atoms with Gasteiger partial charge in [0.25, 0.3) is 0 Å². The lowest BCUT2D eigenvalue weighted by Gasteiger charge is -2.22. The minimum atomic E-state index is -0.0943. The summed E-state index contributed by atoms with van der Waals surface area (Å²) < 4.78 is 6.77. The molecule has 25 heavy (non-hydrogen) atoms. The molecule has 1 aliphatic heterocycles. The van der Waals surface area contributed by atoms with Crippen LogP contribution in [-0.2, 0) is 14.3 Å². The van der Waals surface area contributed by atoms with Gasteiger partial charge in [-0.1, -0.05) is 23.1 Å². The van der Waals surface area contributed by atoms with E-state index in [9.17, 15) is 9.59 Å². The molecule has 0 saturated carbocycles. The van der Waals surface area contributed by atoms with Crippen LogP contribution in [0.1, 0.15) is 30.9 Å². The molecule has 1 fully saturated rings. The Morgan fingerprint density at radius 3 is 2.80 bits per heavy atom. The van der Waals surface area contributed by atoms with Crippen LogP contribution in [0.25, 0.3) is 10.2 Å². The summed E-state index contributed by atoms with van der Waals surface area (Å²) in [5, 5.41) is 0.630. The Balaban J connectivity index is 1.89. The number of carbonyl (C=O) groups is 2. The lowest BCUT2D eigenvalue weighted by molar-refractivity contribution is -0.117. The Hall–Kier alpha value is -1.44. The summed E-state index contributed by atoms with van der Waals surface area (Å²) in [4.78, 5) is 30.3. The van der Waals surface area contributed by atoms with Crippen LogP contribution in [0, 0.1) is 13.8 Å². The van der Waals surface area contributed by atoms with Gasteiger partial charge in [-0.3, -0.25) is 14.5 Å². The highest BCUT2D eigenvalue weighted by Gasteiger charge is 2.26. The van der Waals surface area contributed by atoms with Crippen molar-refractivity contribution in [3.8, 4) is 0 Å². The van der Waals surface area contributed by atoms with E-state index < -0.39 is 0 Å². The fraction of sp³-hybridized carbons (Fsp3) is 0.500. The summed E-state index contributed by atoms with van der Waals surface area (Å²) in [7, 11) is 0. The van der Waals surface area contributed by atoms with Gasteiger partial charge in [0.15, 0.2) is 10.2 Å². The molecule has 134 valence electrons. The maximum Gasteiger partial charge on any atom is 0.239 e. The van der Waals surface area contributed by atoms with Crippen molar-refractivity contribution in [1.82, 2.24) is 4.98 Å². The molecule has 5 nitrogen and oxygen atoms in total. The number of ether oxygens (including phenoxy) is 1. The van der Waals surface area contributed by atoms with Crippen molar-refractivity contribution in [1.29, 1.82) is 0 Å². The third-order valence-electron chi connectivity index (χ3n) is 4.33. The maximum absolute atomic E-state index is 12.7. The lowest BCUT2D eigenvalue weighted by Crippen LogP contribution is -2.38. The summed E-state index contributed by atoms with van der Waals surface area (Å²) in [6, 6.07) is 4.18. The highest BCUT2D eigenvalue weighted by Crippen LogP contribution is 2.32. The normalized spacial score (nSPS) is 17.2. The Morgan fingerprint density at radius 1 is 1.36 bits per heavy atom. The number of fused-ring (bicyclic) bond motifs is 1. The maximum atomic E-state index is 12.7. The minimum absolute atomic E-state index is 0.0433. The third kappa shape index (κ3) is 4.40. The fourth-order valence-corrected chi connectivity index (χ4v) is 4.36. The summed E-state index contributed by atoms with van der Waals surface area (Å²) in [5.74, 6) is 0.0407. The summed E-state index contributed by atoms with van der Waals surface area (Å²) >= 11 is 2.56. The smallest absolute Gasteiger partial charge is 0.239 e. The second kappa shape index (κ2) is 7.85. The van der Waals surface area contributed by atoms with Gasteiger partial charge in [0.05, 0.1) is 28.6 Å². The molecule has 3 rings (SSSR count). The van der Waals surface area contributed by atoms with Crippen LogP contribution in [0.2, 0.25) is 0 Å². The fourth-order valence-electron chi connectivity index (χ4n) is 2.80. The Bertz CT molecular complexity index is 758. The van der Waals surface area contributed by atoms with Gasteiger partial charge in [-0.05, 0) is 49.9 Å². The van der Waals surface area contributed by atoms with E-state index >= 15 is 0 Å². The summed E-state index contributed by atoms with van der Waals surface area (Å²) in [5.41, 5.74) is 3.31. The Kier molecular flexibility index (Phi) is 5.76. The number of thiazole rings is 1. The minimum Gasteiger partial charge on any atom is -0.376 e. The van der Waals surface area contributed by atoms with Crippen molar-refractivity contribution < 1.29 is 14.3 Å². The number of amides is 1. The number of hydrogen-bond donors (Lipinski definition) is 0. The van der Waals surface area contributed by atoms with Crippen molar-refractivity contribution in [2.75, 3.05) is 23.8 Å². The molecule has 0 radical (unpaired) electrons. The van der Waals surface area contributed by atoms with E-state index in [1.807, 2.05) is 0 Å². The number of nitrogens with zero attached hydrogens (tertiary/aromatic N) is 2. The first-order valence-corrected chi connectivity index (χ1v) is 10.2. The van der Waals surface area contributed by atoms with Gasteiger partial charge in [0.2, 0.25) is 5.91 Å². The zero-order valence-electron chi connectivity index (χ0n) is 14.7. The Morgan fingerprint density at radius 2 is 2.12 bits per heavy atom. The van der Waals surface area contributed by atoms with Gasteiger partial charge in [0.1, 0.15) is 0 Å². The van der Waals surface area contributed by atoms with E-state index in [1.54, 1.807) is 4.90 Å². The van der Waals surface area contributed by atoms with Crippen LogP contribution in [0.3, 0.4) is 0 Å². The average molecular weight is 379 g/mol. The summed E-state index contributed by atoms with van der Waals surface area (Å²) in [6.07, 6.45) is 2.02. The first-order chi connectivity index (χ1) is 11.9. The number of thioether (sulfide) groups is 1. The standard InChI is InChI=1S/C18H22N2O3S2/c1-11-7-15-16(8-12(11)2)25-18(19-15)20(9-14-5-4-6-23-14)17(22)10-24-13(3)21/h7-8,14H,4-6,9-10H2,1-3H3. The van der Waals surface area contributed by atoms with Crippen LogP contribution in [0.15, 0.2) is 12.1 Å². The van der Waals surface area contributed by atoms with Crippen molar-refractivity contribution in [3.05, 3.63) is 23.3 Å². The zero-order valence-corrected chi connectivity index (χ0v) is 16.3. The van der Waals surface area contributed by atoms with Gasteiger partial charge < -0.3 is 4.74 Å². The molecule has 1 amide bonds. The average Bonchev–Trinajstić information content (AvgIpc) is 3.20. The van der Waals surface area contributed by atoms with Crippen LogP contribution in [0.5, 0.6) is 0 Å². The van der Waals surface area contributed by atoms with Crippen LogP contribution < -0.4 is 4.90 Å². The molecule has 0 aliphatic carbocycles. The number of anilines is 1. The van der Waals surface area contributed by atoms with Crippen molar-refractivity contribution >= 4 is 49.5 Å². The molecule has 2 heterocycles. The molecule has 1 aromatic carbocycles. The highest BCUT2D eigenvalue weighted by molar-refractivity contribution is 8.14. The predicted octanol–water partition coefficient (Wildman–Crippen LogP) is 3.70. The Labute approximate surface area is 155 Å². The summed E-state index contributed by atoms with van der Waals surface area (Å²) in [6.45, 7) is 6.85. The lowest BCUT2D eigenvalue weighted by atomic mass is 10.1. The van der Waals surface area contributed by atoms with E-state index in [0.29, 0.717) is 11.7 Å². The number of rotatable bonds is 5. The van der Waals surface area contributed by atoms with Crippen molar-refractivity contribution in [2.45, 2.75) is 39.7 Å². The van der Waals surface area contributed by atoms with Crippen LogP contribution in [0.4, 0.5) is 5.13 Å². The van der Waals surface area contributed by atoms with Crippen LogP contribution in [-0.4, -0.2) is 41.0 Å². The molecule has 1 aliphatic rings. The second-order valence-corrected chi connectivity index (χ2v) is 8.48. The van der Waals surface area contributed by atoms with Gasteiger partial charge in [-0.15, -0.1) is 0 Å². The first-order valence-electron chi connectivity index (χ1n) is 8.37. The van der Waals surface area contributed by atoms with Crippen LogP contribution >= 0.6 is 23.1 Å². The molecule has 1 atom stereocenters. The molecule has 1 aromatic heterocycles. The third-order valence-corrected chi connectivity index (χ3v) is 6.17. The topological polar surface area (TPSA) is 59.5 Å². The number of benzene rings is 1. The molecule has 0 spiro atoms. The molecule has 2 aromatic rings. The van der Waals surface area contributed by atoms with E-state index in [0.717, 1.165) is 41.4 Å². The quantitative estimate of drug-likeness (QED) is 0.794. The molecule has 0 N–H and O–H groups in total. The first kappa shape index (κ1) is 18.4. The van der Waals surface area contributed by atoms with E-state index in [2.05, 4.69) is 31.0 Å². The SMILES string of the molecule is CC(=O)SCC(=O)N(CC1CCCO1)c1nc2cc(C)c(C)cc2s1. The number of aromatic nitrogens is 1. The van der Waals surface area contributed by atoms with Gasteiger partial charge in [-0.25, -0.2) is 4.98 Å². The molecule has 1 saturated heterocycles. The second-order valence-electron chi connectivity index (χ2n) is 6.32. The van der Waals surface area contributed by atoms with Crippen molar-refractivity contribution in [2.24, 2.45) is 0 Å². The van der Waals surface area contributed by atoms with E-state index in [-0.39, 0.29) is 22.9 Å². The molecular formula is C18H22N2O3S2. The highest BCUT2D eigenvalue weighted by atomic mass is 32.2. The number of carbonyl (C=O) groups excluding carboxylic acids is 2. The van der Waals surface area contributed by atoms with Crippen molar-refractivity contribution in [3.63, 3.8) is 0 Å².